The molecule has 0 amide bonds. The molecule has 0 saturated carbocycles. The molecular formula is C15H18S. The zero-order chi connectivity index (χ0) is 11.4. The van der Waals surface area contributed by atoms with Crippen LogP contribution < -0.4 is 0 Å². The quantitative estimate of drug-likeness (QED) is 0.674. The number of rotatable bonds is 2. The molecule has 0 unspecified atom stereocenters. The molecule has 1 aliphatic rings. The maximum absolute atomic E-state index is 4.22. The van der Waals surface area contributed by atoms with Crippen LogP contribution in [0.3, 0.4) is 0 Å². The summed E-state index contributed by atoms with van der Waals surface area (Å²) < 4.78 is 0. The monoisotopic (exact) mass is 230 g/mol. The van der Waals surface area contributed by atoms with Crippen molar-refractivity contribution in [3.05, 3.63) is 53.0 Å². The fourth-order valence-corrected chi connectivity index (χ4v) is 3.07. The number of hydrogen-bond acceptors (Lipinski definition) is 1. The average Bonchev–Trinajstić information content (AvgIpc) is 2.46. The number of thioether (sulfide) groups is 1. The third-order valence-corrected chi connectivity index (χ3v) is 4.30. The van der Waals surface area contributed by atoms with Crippen LogP contribution in [-0.2, 0) is 0 Å². The van der Waals surface area contributed by atoms with Gasteiger partial charge in [-0.2, -0.15) is 0 Å². The number of allylic oxidation sites excluding steroid dienone is 2. The van der Waals surface area contributed by atoms with E-state index in [-0.39, 0.29) is 0 Å². The van der Waals surface area contributed by atoms with Crippen LogP contribution in [0.1, 0.15) is 32.6 Å². The van der Waals surface area contributed by atoms with Crippen molar-refractivity contribution in [3.63, 3.8) is 0 Å². The van der Waals surface area contributed by atoms with Gasteiger partial charge in [-0.15, -0.1) is 0 Å². The number of benzene rings is 1. The first-order valence-electron chi connectivity index (χ1n) is 5.88. The van der Waals surface area contributed by atoms with E-state index in [1.165, 1.54) is 40.2 Å². The summed E-state index contributed by atoms with van der Waals surface area (Å²) in [6.45, 7) is 6.48. The van der Waals surface area contributed by atoms with E-state index in [9.17, 15) is 0 Å². The molecule has 0 radical (unpaired) electrons. The highest BCUT2D eigenvalue weighted by Gasteiger charge is 2.12. The molecule has 2 rings (SSSR count). The molecule has 0 saturated heterocycles. The van der Waals surface area contributed by atoms with Gasteiger partial charge < -0.3 is 0 Å². The van der Waals surface area contributed by atoms with E-state index < -0.39 is 0 Å². The summed E-state index contributed by atoms with van der Waals surface area (Å²) >= 11 is 1.87. The van der Waals surface area contributed by atoms with Gasteiger partial charge in [0.25, 0.3) is 0 Å². The minimum atomic E-state index is 1.16. The van der Waals surface area contributed by atoms with Gasteiger partial charge in [-0.05, 0) is 50.3 Å². The van der Waals surface area contributed by atoms with Crippen molar-refractivity contribution in [1.82, 2.24) is 0 Å². The minimum absolute atomic E-state index is 1.16. The van der Waals surface area contributed by atoms with Gasteiger partial charge in [0.15, 0.2) is 0 Å². The summed E-state index contributed by atoms with van der Waals surface area (Å²) in [5, 5.41) is 0. The van der Waals surface area contributed by atoms with Crippen LogP contribution in [0.15, 0.2) is 57.9 Å². The largest absolute Gasteiger partial charge is 0.0947 e. The van der Waals surface area contributed by atoms with Crippen molar-refractivity contribution < 1.29 is 0 Å². The van der Waals surface area contributed by atoms with Gasteiger partial charge in [0, 0.05) is 9.80 Å². The van der Waals surface area contributed by atoms with Crippen LogP contribution >= 0.6 is 11.8 Å². The summed E-state index contributed by atoms with van der Waals surface area (Å²) in [5.74, 6) is 0. The van der Waals surface area contributed by atoms with E-state index in [1.54, 1.807) is 0 Å². The van der Waals surface area contributed by atoms with Gasteiger partial charge in [-0.25, -0.2) is 0 Å². The van der Waals surface area contributed by atoms with Gasteiger partial charge in [-0.3, -0.25) is 0 Å². The SMILES string of the molecule is C=C1CCCCC(C)=C1Sc1ccccc1. The van der Waals surface area contributed by atoms with Crippen molar-refractivity contribution in [1.29, 1.82) is 0 Å². The van der Waals surface area contributed by atoms with Gasteiger partial charge in [0.1, 0.15) is 0 Å². The second-order valence-electron chi connectivity index (χ2n) is 4.34. The van der Waals surface area contributed by atoms with Crippen molar-refractivity contribution >= 4 is 11.8 Å². The zero-order valence-electron chi connectivity index (χ0n) is 9.83. The topological polar surface area (TPSA) is 0 Å². The highest BCUT2D eigenvalue weighted by molar-refractivity contribution is 8.03. The fraction of sp³-hybridized carbons (Fsp3) is 0.333. The lowest BCUT2D eigenvalue weighted by Crippen LogP contribution is -1.86. The molecule has 0 spiro atoms. The van der Waals surface area contributed by atoms with Gasteiger partial charge in [0.2, 0.25) is 0 Å². The zero-order valence-corrected chi connectivity index (χ0v) is 10.6. The molecule has 84 valence electrons. The highest BCUT2D eigenvalue weighted by atomic mass is 32.2. The molecule has 0 bridgehead atoms. The Bertz CT molecular complexity index is 401. The molecule has 0 aliphatic heterocycles. The van der Waals surface area contributed by atoms with E-state index >= 15 is 0 Å². The first kappa shape index (κ1) is 11.5. The third kappa shape index (κ3) is 2.79. The lowest BCUT2D eigenvalue weighted by atomic mass is 10.1. The van der Waals surface area contributed by atoms with E-state index in [1.807, 2.05) is 11.8 Å². The van der Waals surface area contributed by atoms with Gasteiger partial charge >= 0.3 is 0 Å². The van der Waals surface area contributed by atoms with E-state index in [0.29, 0.717) is 0 Å². The predicted octanol–water partition coefficient (Wildman–Crippen LogP) is 5.18. The van der Waals surface area contributed by atoms with Crippen LogP contribution in [-0.4, -0.2) is 0 Å². The van der Waals surface area contributed by atoms with Crippen molar-refractivity contribution in [2.24, 2.45) is 0 Å². The van der Waals surface area contributed by atoms with Crippen LogP contribution in [0.25, 0.3) is 0 Å². The normalized spacial score (nSPS) is 17.4. The Kier molecular flexibility index (Phi) is 3.89. The molecule has 0 heterocycles. The Hall–Kier alpha value is -0.950. The molecular weight excluding hydrogens is 212 g/mol. The lowest BCUT2D eigenvalue weighted by Gasteiger charge is -2.11. The van der Waals surface area contributed by atoms with E-state index in [2.05, 4.69) is 43.8 Å². The Balaban J connectivity index is 2.21. The summed E-state index contributed by atoms with van der Waals surface area (Å²) in [7, 11) is 0. The molecule has 1 heteroatoms. The molecule has 1 aliphatic carbocycles. The fourth-order valence-electron chi connectivity index (χ4n) is 2.02. The molecule has 0 atom stereocenters. The second kappa shape index (κ2) is 5.40. The average molecular weight is 230 g/mol. The van der Waals surface area contributed by atoms with E-state index in [4.69, 9.17) is 0 Å². The maximum Gasteiger partial charge on any atom is 0.0137 e. The standard InChI is InChI=1S/C15H18S/c1-12-8-6-7-9-13(2)15(12)16-14-10-4-3-5-11-14/h3-5,10-11H,1,6-9H2,2H3. The Morgan fingerprint density at radius 1 is 1.06 bits per heavy atom. The first-order chi connectivity index (χ1) is 7.77. The molecule has 1 aromatic carbocycles. The van der Waals surface area contributed by atoms with Crippen LogP contribution in [0.5, 0.6) is 0 Å². The highest BCUT2D eigenvalue weighted by Crippen LogP contribution is 2.38. The maximum atomic E-state index is 4.22. The van der Waals surface area contributed by atoms with E-state index in [0.717, 1.165) is 6.42 Å². The van der Waals surface area contributed by atoms with Crippen LogP contribution in [0.4, 0.5) is 0 Å². The Morgan fingerprint density at radius 3 is 2.50 bits per heavy atom. The van der Waals surface area contributed by atoms with Crippen molar-refractivity contribution in [2.45, 2.75) is 37.5 Å². The Labute approximate surface area is 102 Å². The summed E-state index contributed by atoms with van der Waals surface area (Å²) in [5.41, 5.74) is 2.83. The molecule has 16 heavy (non-hydrogen) atoms. The smallest absolute Gasteiger partial charge is 0.0137 e. The van der Waals surface area contributed by atoms with Crippen LogP contribution in [0, 0.1) is 0 Å². The minimum Gasteiger partial charge on any atom is -0.0947 e. The van der Waals surface area contributed by atoms with Crippen LogP contribution in [0.2, 0.25) is 0 Å². The molecule has 0 aromatic heterocycles. The van der Waals surface area contributed by atoms with Gasteiger partial charge in [0.05, 0.1) is 0 Å². The van der Waals surface area contributed by atoms with Crippen molar-refractivity contribution in [2.75, 3.05) is 0 Å². The third-order valence-electron chi connectivity index (χ3n) is 2.95. The second-order valence-corrected chi connectivity index (χ2v) is 5.42. The van der Waals surface area contributed by atoms with Gasteiger partial charge in [-0.1, -0.05) is 42.1 Å². The summed E-state index contributed by atoms with van der Waals surface area (Å²) in [6.07, 6.45) is 4.99. The first-order valence-corrected chi connectivity index (χ1v) is 6.70. The summed E-state index contributed by atoms with van der Waals surface area (Å²) in [4.78, 5) is 2.74. The predicted molar refractivity (Wildman–Crippen MR) is 72.6 cm³/mol. The molecule has 0 N–H and O–H groups in total. The molecule has 0 fully saturated rings. The number of hydrogen-bond donors (Lipinski definition) is 0. The van der Waals surface area contributed by atoms with Crippen molar-refractivity contribution in [3.8, 4) is 0 Å². The lowest BCUT2D eigenvalue weighted by molar-refractivity contribution is 0.751. The molecule has 0 nitrogen and oxygen atoms in total. The molecule has 1 aromatic rings. The Morgan fingerprint density at radius 2 is 1.75 bits per heavy atom. The summed E-state index contributed by atoms with van der Waals surface area (Å²) in [6, 6.07) is 10.6.